The Bertz CT molecular complexity index is 545. The first-order valence-corrected chi connectivity index (χ1v) is 6.11. The van der Waals surface area contributed by atoms with Gasteiger partial charge >= 0.3 is 6.85 Å². The second-order valence-corrected chi connectivity index (χ2v) is 4.41. The fourth-order valence-corrected chi connectivity index (χ4v) is 2.32. The van der Waals surface area contributed by atoms with E-state index in [9.17, 15) is 5.11 Å². The highest BCUT2D eigenvalue weighted by Crippen LogP contribution is 2.29. The molecule has 0 saturated carbocycles. The molecule has 3 heteroatoms. The molecule has 1 atom stereocenters. The molecule has 18 heavy (non-hydrogen) atoms. The van der Waals surface area contributed by atoms with E-state index >= 15 is 0 Å². The normalized spacial score (nSPS) is 18.6. The van der Waals surface area contributed by atoms with Crippen LogP contribution in [0.3, 0.4) is 0 Å². The lowest BCUT2D eigenvalue weighted by Crippen LogP contribution is -2.36. The standard InChI is InChI=1S/C15H14BNO/c18-15(13-7-2-1-3-8-13)14-9-6-11-16-10-4-5-12-17(14)16/h1-12,15,18H. The minimum absolute atomic E-state index is 0.216. The van der Waals surface area contributed by atoms with Gasteiger partial charge in [-0.2, -0.15) is 0 Å². The molecule has 2 heterocycles. The Hall–Kier alpha value is -2.00. The lowest BCUT2D eigenvalue weighted by atomic mass is 9.57. The van der Waals surface area contributed by atoms with Gasteiger partial charge in [0, 0.05) is 5.70 Å². The summed E-state index contributed by atoms with van der Waals surface area (Å²) in [4.78, 5) is 2.09. The molecular formula is C15H14BNO. The molecule has 2 nitrogen and oxygen atoms in total. The number of rotatable bonds is 2. The Balaban J connectivity index is 1.92. The van der Waals surface area contributed by atoms with Crippen LogP contribution in [0.2, 0.25) is 0 Å². The van der Waals surface area contributed by atoms with Gasteiger partial charge in [-0.05, 0) is 23.9 Å². The van der Waals surface area contributed by atoms with Crippen LogP contribution in [-0.2, 0) is 0 Å². The highest BCUT2D eigenvalue weighted by Gasteiger charge is 2.27. The third-order valence-electron chi connectivity index (χ3n) is 3.26. The zero-order valence-corrected chi connectivity index (χ0v) is 9.98. The van der Waals surface area contributed by atoms with Crippen LogP contribution in [0.25, 0.3) is 0 Å². The average Bonchev–Trinajstić information content (AvgIpc) is 2.47. The number of nitrogens with zero attached hydrogens (tertiary/aromatic N) is 1. The Kier molecular flexibility index (Phi) is 2.91. The van der Waals surface area contributed by atoms with Crippen molar-refractivity contribution in [1.82, 2.24) is 4.81 Å². The molecule has 3 rings (SSSR count). The Morgan fingerprint density at radius 3 is 2.61 bits per heavy atom. The number of aliphatic hydroxyl groups is 1. The molecule has 0 bridgehead atoms. The lowest BCUT2D eigenvalue weighted by molar-refractivity contribution is 0.196. The first-order chi connectivity index (χ1) is 8.86. The molecule has 88 valence electrons. The van der Waals surface area contributed by atoms with Crippen molar-refractivity contribution >= 4 is 6.85 Å². The Labute approximate surface area is 107 Å². The predicted molar refractivity (Wildman–Crippen MR) is 74.5 cm³/mol. The molecule has 0 saturated heterocycles. The number of fused-ring (bicyclic) bond motifs is 1. The minimum atomic E-state index is -0.588. The van der Waals surface area contributed by atoms with Gasteiger partial charge in [0.25, 0.3) is 0 Å². The summed E-state index contributed by atoms with van der Waals surface area (Å²) in [5.41, 5.74) is 1.83. The van der Waals surface area contributed by atoms with Crippen molar-refractivity contribution in [3.8, 4) is 0 Å². The van der Waals surface area contributed by atoms with Crippen molar-refractivity contribution in [1.29, 1.82) is 0 Å². The van der Waals surface area contributed by atoms with Crippen molar-refractivity contribution in [2.24, 2.45) is 0 Å². The summed E-state index contributed by atoms with van der Waals surface area (Å²) < 4.78 is 0. The number of hydrogen-bond donors (Lipinski definition) is 1. The minimum Gasteiger partial charge on any atom is -0.385 e. The van der Waals surface area contributed by atoms with Gasteiger partial charge in [-0.1, -0.05) is 54.4 Å². The Morgan fingerprint density at radius 2 is 1.78 bits per heavy atom. The maximum Gasteiger partial charge on any atom is 0.312 e. The van der Waals surface area contributed by atoms with Gasteiger partial charge in [0.2, 0.25) is 0 Å². The molecule has 1 unspecified atom stereocenters. The van der Waals surface area contributed by atoms with Crippen LogP contribution < -0.4 is 0 Å². The van der Waals surface area contributed by atoms with Gasteiger partial charge in [0.15, 0.2) is 0 Å². The molecule has 1 aromatic rings. The third-order valence-corrected chi connectivity index (χ3v) is 3.26. The van der Waals surface area contributed by atoms with Gasteiger partial charge in [-0.15, -0.1) is 0 Å². The average molecular weight is 235 g/mol. The first kappa shape index (κ1) is 11.1. The van der Waals surface area contributed by atoms with Crippen molar-refractivity contribution in [2.75, 3.05) is 0 Å². The van der Waals surface area contributed by atoms with Crippen molar-refractivity contribution in [3.05, 3.63) is 84.0 Å². The van der Waals surface area contributed by atoms with E-state index < -0.39 is 6.10 Å². The highest BCUT2D eigenvalue weighted by atomic mass is 16.3. The van der Waals surface area contributed by atoms with E-state index in [1.54, 1.807) is 0 Å². The van der Waals surface area contributed by atoms with Crippen LogP contribution in [0, 0.1) is 0 Å². The zero-order valence-electron chi connectivity index (χ0n) is 9.98. The third kappa shape index (κ3) is 1.93. The zero-order chi connectivity index (χ0) is 12.4. The second kappa shape index (κ2) is 4.71. The summed E-state index contributed by atoms with van der Waals surface area (Å²) in [5.74, 6) is 4.22. The molecule has 0 aliphatic carbocycles. The molecule has 0 spiro atoms. The summed E-state index contributed by atoms with van der Waals surface area (Å²) in [6.45, 7) is 0.216. The van der Waals surface area contributed by atoms with E-state index in [1.807, 2.05) is 60.8 Å². The van der Waals surface area contributed by atoms with Crippen molar-refractivity contribution in [3.63, 3.8) is 0 Å². The maximum atomic E-state index is 10.5. The largest absolute Gasteiger partial charge is 0.385 e. The Morgan fingerprint density at radius 1 is 1.00 bits per heavy atom. The van der Waals surface area contributed by atoms with Gasteiger partial charge in [-0.25, -0.2) is 0 Å². The van der Waals surface area contributed by atoms with Crippen molar-refractivity contribution < 1.29 is 5.11 Å². The van der Waals surface area contributed by atoms with Crippen LogP contribution in [0.15, 0.2) is 78.5 Å². The lowest BCUT2D eigenvalue weighted by Gasteiger charge is -2.33. The topological polar surface area (TPSA) is 23.5 Å². The number of allylic oxidation sites excluding steroid dienone is 4. The van der Waals surface area contributed by atoms with Crippen LogP contribution in [0.4, 0.5) is 0 Å². The summed E-state index contributed by atoms with van der Waals surface area (Å²) in [5, 5.41) is 10.5. The molecule has 0 aromatic heterocycles. The van der Waals surface area contributed by atoms with E-state index in [2.05, 4.69) is 16.8 Å². The van der Waals surface area contributed by atoms with Gasteiger partial charge < -0.3 is 9.92 Å². The molecule has 2 aliphatic heterocycles. The molecule has 0 radical (unpaired) electrons. The predicted octanol–water partition coefficient (Wildman–Crippen LogP) is 2.63. The molecule has 1 N–H and O–H groups in total. The smallest absolute Gasteiger partial charge is 0.312 e. The fourth-order valence-electron chi connectivity index (χ4n) is 2.32. The highest BCUT2D eigenvalue weighted by molar-refractivity contribution is 6.67. The molecule has 0 amide bonds. The first-order valence-electron chi connectivity index (χ1n) is 6.11. The summed E-state index contributed by atoms with van der Waals surface area (Å²) in [6, 6.07) is 9.74. The molecule has 2 aliphatic rings. The van der Waals surface area contributed by atoms with Crippen LogP contribution >= 0.6 is 0 Å². The van der Waals surface area contributed by atoms with E-state index in [0.29, 0.717) is 0 Å². The van der Waals surface area contributed by atoms with E-state index in [-0.39, 0.29) is 6.85 Å². The second-order valence-electron chi connectivity index (χ2n) is 4.41. The number of aliphatic hydroxyl groups excluding tert-OH is 1. The quantitative estimate of drug-likeness (QED) is 0.796. The summed E-state index contributed by atoms with van der Waals surface area (Å²) >= 11 is 0. The van der Waals surface area contributed by atoms with Gasteiger partial charge in [0.05, 0.1) is 0 Å². The van der Waals surface area contributed by atoms with Crippen LogP contribution in [0.5, 0.6) is 0 Å². The van der Waals surface area contributed by atoms with E-state index in [4.69, 9.17) is 0 Å². The summed E-state index contributed by atoms with van der Waals surface area (Å²) in [6.07, 6.45) is 9.41. The molecule has 0 fully saturated rings. The number of hydrogen-bond acceptors (Lipinski definition) is 2. The van der Waals surface area contributed by atoms with Crippen LogP contribution in [-0.4, -0.2) is 16.8 Å². The molecular weight excluding hydrogens is 221 g/mol. The molecule has 1 aromatic carbocycles. The van der Waals surface area contributed by atoms with Gasteiger partial charge in [0.1, 0.15) is 6.10 Å². The maximum absolute atomic E-state index is 10.5. The van der Waals surface area contributed by atoms with E-state index in [0.717, 1.165) is 11.3 Å². The van der Waals surface area contributed by atoms with Crippen LogP contribution in [0.1, 0.15) is 11.7 Å². The van der Waals surface area contributed by atoms with Crippen molar-refractivity contribution in [2.45, 2.75) is 6.10 Å². The monoisotopic (exact) mass is 235 g/mol. The van der Waals surface area contributed by atoms with Gasteiger partial charge in [-0.3, -0.25) is 0 Å². The van der Waals surface area contributed by atoms with E-state index in [1.165, 1.54) is 0 Å². The fraction of sp³-hybridized carbons (Fsp3) is 0.0667. The number of benzene rings is 1. The SMILES string of the molecule is OC(C1=CC=CB2C=CC=CN21)c1ccccc1. The summed E-state index contributed by atoms with van der Waals surface area (Å²) in [7, 11) is 0.